The molecule has 0 bridgehead atoms. The standard InChI is InChI=1S/C13H19N3O2/c1-14-11-7-10(13(18-2)15-9-11)8-12(17)16-5-3-4-6-16/h7,9,14H,3-6,8H2,1-2H3. The summed E-state index contributed by atoms with van der Waals surface area (Å²) in [6, 6.07) is 1.92. The van der Waals surface area contributed by atoms with Crippen molar-refractivity contribution in [3.8, 4) is 5.88 Å². The van der Waals surface area contributed by atoms with Crippen molar-refractivity contribution < 1.29 is 9.53 Å². The van der Waals surface area contributed by atoms with Crippen LogP contribution in [0.15, 0.2) is 12.3 Å². The van der Waals surface area contributed by atoms with E-state index in [2.05, 4.69) is 10.3 Å². The van der Waals surface area contributed by atoms with Crippen molar-refractivity contribution in [1.82, 2.24) is 9.88 Å². The molecule has 0 saturated carbocycles. The van der Waals surface area contributed by atoms with Gasteiger partial charge in [0.15, 0.2) is 0 Å². The van der Waals surface area contributed by atoms with Gasteiger partial charge < -0.3 is 15.0 Å². The third-order valence-corrected chi connectivity index (χ3v) is 3.21. The highest BCUT2D eigenvalue weighted by Crippen LogP contribution is 2.21. The Hall–Kier alpha value is -1.78. The summed E-state index contributed by atoms with van der Waals surface area (Å²) in [6.07, 6.45) is 4.27. The fourth-order valence-corrected chi connectivity index (χ4v) is 2.19. The number of nitrogens with one attached hydrogen (secondary N) is 1. The molecule has 0 spiro atoms. The summed E-state index contributed by atoms with van der Waals surface area (Å²) in [5.41, 5.74) is 1.72. The molecule has 5 heteroatoms. The van der Waals surface area contributed by atoms with E-state index >= 15 is 0 Å². The van der Waals surface area contributed by atoms with Crippen LogP contribution >= 0.6 is 0 Å². The van der Waals surface area contributed by atoms with Crippen molar-refractivity contribution in [1.29, 1.82) is 0 Å². The maximum absolute atomic E-state index is 12.1. The molecule has 0 unspecified atom stereocenters. The number of ether oxygens (including phenoxy) is 1. The number of carbonyl (C=O) groups excluding carboxylic acids is 1. The first kappa shape index (κ1) is 12.7. The molecule has 18 heavy (non-hydrogen) atoms. The third-order valence-electron chi connectivity index (χ3n) is 3.21. The highest BCUT2D eigenvalue weighted by molar-refractivity contribution is 5.79. The van der Waals surface area contributed by atoms with Crippen molar-refractivity contribution in [2.24, 2.45) is 0 Å². The van der Waals surface area contributed by atoms with Crippen LogP contribution in [0.25, 0.3) is 0 Å². The van der Waals surface area contributed by atoms with Gasteiger partial charge in [0.05, 0.1) is 25.4 Å². The summed E-state index contributed by atoms with van der Waals surface area (Å²) >= 11 is 0. The first-order chi connectivity index (χ1) is 8.74. The predicted molar refractivity (Wildman–Crippen MR) is 69.9 cm³/mol. The lowest BCUT2D eigenvalue weighted by Gasteiger charge is -2.16. The minimum absolute atomic E-state index is 0.154. The number of carbonyl (C=O) groups is 1. The topological polar surface area (TPSA) is 54.5 Å². The van der Waals surface area contributed by atoms with E-state index in [-0.39, 0.29) is 5.91 Å². The summed E-state index contributed by atoms with van der Waals surface area (Å²) in [7, 11) is 3.40. The second kappa shape index (κ2) is 5.71. The fourth-order valence-electron chi connectivity index (χ4n) is 2.19. The molecule has 0 atom stereocenters. The highest BCUT2D eigenvalue weighted by atomic mass is 16.5. The summed E-state index contributed by atoms with van der Waals surface area (Å²) in [5.74, 6) is 0.683. The van der Waals surface area contributed by atoms with Gasteiger partial charge in [-0.15, -0.1) is 0 Å². The molecule has 5 nitrogen and oxygen atoms in total. The smallest absolute Gasteiger partial charge is 0.227 e. The number of pyridine rings is 1. The second-order valence-electron chi connectivity index (χ2n) is 4.41. The lowest BCUT2D eigenvalue weighted by atomic mass is 10.1. The van der Waals surface area contributed by atoms with Crippen molar-refractivity contribution in [2.75, 3.05) is 32.6 Å². The molecule has 1 aromatic rings. The molecule has 1 amide bonds. The minimum Gasteiger partial charge on any atom is -0.481 e. The molecule has 1 fully saturated rings. The van der Waals surface area contributed by atoms with E-state index in [1.54, 1.807) is 13.3 Å². The Labute approximate surface area is 107 Å². The zero-order chi connectivity index (χ0) is 13.0. The van der Waals surface area contributed by atoms with Crippen LogP contribution in [0.3, 0.4) is 0 Å². The van der Waals surface area contributed by atoms with Crippen LogP contribution in [0.5, 0.6) is 5.88 Å². The number of hydrogen-bond acceptors (Lipinski definition) is 4. The van der Waals surface area contributed by atoms with Gasteiger partial charge in [0.2, 0.25) is 11.8 Å². The van der Waals surface area contributed by atoms with Crippen molar-refractivity contribution in [2.45, 2.75) is 19.3 Å². The SMILES string of the molecule is CNc1cnc(OC)c(CC(=O)N2CCCC2)c1. The highest BCUT2D eigenvalue weighted by Gasteiger charge is 2.20. The average molecular weight is 249 g/mol. The van der Waals surface area contributed by atoms with Gasteiger partial charge in [-0.3, -0.25) is 4.79 Å². The van der Waals surface area contributed by atoms with Crippen LogP contribution in [-0.2, 0) is 11.2 Å². The van der Waals surface area contributed by atoms with E-state index in [1.807, 2.05) is 18.0 Å². The summed E-state index contributed by atoms with van der Waals surface area (Å²) in [4.78, 5) is 18.2. The first-order valence-corrected chi connectivity index (χ1v) is 6.23. The Kier molecular flexibility index (Phi) is 4.02. The second-order valence-corrected chi connectivity index (χ2v) is 4.41. The largest absolute Gasteiger partial charge is 0.481 e. The van der Waals surface area contributed by atoms with Crippen LogP contribution in [0.1, 0.15) is 18.4 Å². The van der Waals surface area contributed by atoms with Gasteiger partial charge in [0.25, 0.3) is 0 Å². The maximum Gasteiger partial charge on any atom is 0.227 e. The third kappa shape index (κ3) is 2.72. The lowest BCUT2D eigenvalue weighted by Crippen LogP contribution is -2.29. The number of likely N-dealkylation sites (tertiary alicyclic amines) is 1. The number of nitrogens with zero attached hydrogens (tertiary/aromatic N) is 2. The van der Waals surface area contributed by atoms with Crippen molar-refractivity contribution >= 4 is 11.6 Å². The van der Waals surface area contributed by atoms with E-state index < -0.39 is 0 Å². The van der Waals surface area contributed by atoms with Crippen LogP contribution < -0.4 is 10.1 Å². The minimum atomic E-state index is 0.154. The fraction of sp³-hybridized carbons (Fsp3) is 0.538. The van der Waals surface area contributed by atoms with Crippen molar-refractivity contribution in [3.05, 3.63) is 17.8 Å². The number of methoxy groups -OCH3 is 1. The molecule has 0 aromatic carbocycles. The predicted octanol–water partition coefficient (Wildman–Crippen LogP) is 1.30. The summed E-state index contributed by atoms with van der Waals surface area (Å²) in [5, 5.41) is 3.02. The number of rotatable bonds is 4. The van der Waals surface area contributed by atoms with E-state index in [0.29, 0.717) is 12.3 Å². The molecule has 1 saturated heterocycles. The maximum atomic E-state index is 12.1. The zero-order valence-electron chi connectivity index (χ0n) is 10.9. The van der Waals surface area contributed by atoms with Crippen molar-refractivity contribution in [3.63, 3.8) is 0 Å². The monoisotopic (exact) mass is 249 g/mol. The van der Waals surface area contributed by atoms with Crippen LogP contribution in [0.2, 0.25) is 0 Å². The van der Waals surface area contributed by atoms with E-state index in [9.17, 15) is 4.79 Å². The van der Waals surface area contributed by atoms with E-state index in [4.69, 9.17) is 4.74 Å². The Morgan fingerprint density at radius 3 is 2.83 bits per heavy atom. The molecule has 1 aromatic heterocycles. The first-order valence-electron chi connectivity index (χ1n) is 6.23. The van der Waals surface area contributed by atoms with Crippen LogP contribution in [-0.4, -0.2) is 43.0 Å². The van der Waals surface area contributed by atoms with Gasteiger partial charge in [-0.1, -0.05) is 0 Å². The molecule has 0 radical (unpaired) electrons. The summed E-state index contributed by atoms with van der Waals surface area (Å²) < 4.78 is 5.20. The molecular formula is C13H19N3O2. The molecule has 2 heterocycles. The molecule has 0 aliphatic carbocycles. The lowest BCUT2D eigenvalue weighted by molar-refractivity contribution is -0.129. The molecular weight excluding hydrogens is 230 g/mol. The number of amides is 1. The van der Waals surface area contributed by atoms with Gasteiger partial charge in [-0.2, -0.15) is 0 Å². The number of hydrogen-bond donors (Lipinski definition) is 1. The molecule has 2 rings (SSSR count). The normalized spacial score (nSPS) is 14.7. The Balaban J connectivity index is 2.13. The van der Waals surface area contributed by atoms with Crippen LogP contribution in [0, 0.1) is 0 Å². The quantitative estimate of drug-likeness (QED) is 0.874. The van der Waals surface area contributed by atoms with Gasteiger partial charge >= 0.3 is 0 Å². The summed E-state index contributed by atoms with van der Waals surface area (Å²) in [6.45, 7) is 1.75. The van der Waals surface area contributed by atoms with E-state index in [1.165, 1.54) is 0 Å². The van der Waals surface area contributed by atoms with Crippen LogP contribution in [0.4, 0.5) is 5.69 Å². The van der Waals surface area contributed by atoms with Gasteiger partial charge in [0, 0.05) is 25.7 Å². The Morgan fingerprint density at radius 1 is 1.50 bits per heavy atom. The molecule has 98 valence electrons. The van der Waals surface area contributed by atoms with Gasteiger partial charge in [-0.05, 0) is 18.9 Å². The Bertz CT molecular complexity index is 428. The average Bonchev–Trinajstić information content (AvgIpc) is 2.92. The Morgan fingerprint density at radius 2 is 2.22 bits per heavy atom. The molecule has 1 N–H and O–H groups in total. The number of anilines is 1. The number of aromatic nitrogens is 1. The van der Waals surface area contributed by atoms with Gasteiger partial charge in [0.1, 0.15) is 0 Å². The molecule has 1 aliphatic rings. The van der Waals surface area contributed by atoms with Gasteiger partial charge in [-0.25, -0.2) is 4.98 Å². The molecule has 1 aliphatic heterocycles. The van der Waals surface area contributed by atoms with E-state index in [0.717, 1.165) is 37.2 Å². The zero-order valence-corrected chi connectivity index (χ0v) is 10.9.